The van der Waals surface area contributed by atoms with Crippen molar-refractivity contribution in [2.45, 2.75) is 43.7 Å². The van der Waals surface area contributed by atoms with Gasteiger partial charge < -0.3 is 9.84 Å². The minimum Gasteiger partial charge on any atom is -0.488 e. The first-order valence-electron chi connectivity index (χ1n) is 9.09. The molecule has 1 aromatic carbocycles. The summed E-state index contributed by atoms with van der Waals surface area (Å²) >= 11 is 3.30. The van der Waals surface area contributed by atoms with E-state index in [4.69, 9.17) is 4.74 Å². The Morgan fingerprint density at radius 3 is 2.93 bits per heavy atom. The van der Waals surface area contributed by atoms with Gasteiger partial charge in [-0.2, -0.15) is 0 Å². The van der Waals surface area contributed by atoms with Gasteiger partial charge in [0.1, 0.15) is 22.3 Å². The molecule has 0 saturated carbocycles. The molecular weight excluding hydrogens is 383 g/mol. The van der Waals surface area contributed by atoms with Crippen LogP contribution in [-0.2, 0) is 12.8 Å². The van der Waals surface area contributed by atoms with E-state index in [0.717, 1.165) is 33.9 Å². The van der Waals surface area contributed by atoms with Crippen molar-refractivity contribution in [3.05, 3.63) is 46.3 Å². The van der Waals surface area contributed by atoms with Crippen molar-refractivity contribution in [3.63, 3.8) is 0 Å². The highest BCUT2D eigenvalue weighted by molar-refractivity contribution is 7.99. The van der Waals surface area contributed by atoms with Gasteiger partial charge in [-0.15, -0.1) is 23.1 Å². The average Bonchev–Trinajstić information content (AvgIpc) is 3.03. The van der Waals surface area contributed by atoms with E-state index in [-0.39, 0.29) is 12.4 Å². The van der Waals surface area contributed by atoms with Gasteiger partial charge in [-0.3, -0.25) is 0 Å². The average molecular weight is 405 g/mol. The van der Waals surface area contributed by atoms with Crippen LogP contribution < -0.4 is 4.74 Å². The van der Waals surface area contributed by atoms with Gasteiger partial charge in [-0.05, 0) is 50.3 Å². The van der Waals surface area contributed by atoms with Crippen molar-refractivity contribution in [2.24, 2.45) is 0 Å². The summed E-state index contributed by atoms with van der Waals surface area (Å²) in [5.41, 5.74) is 1.39. The van der Waals surface area contributed by atoms with E-state index in [0.29, 0.717) is 5.75 Å². The molecule has 0 aliphatic heterocycles. The first-order chi connectivity index (χ1) is 13.1. The zero-order valence-corrected chi connectivity index (χ0v) is 16.7. The Hall–Kier alpha value is -1.70. The zero-order valence-electron chi connectivity index (χ0n) is 15.1. The number of nitrogens with zero attached hydrogens (tertiary/aromatic N) is 2. The van der Waals surface area contributed by atoms with Crippen LogP contribution in [0.1, 0.15) is 29.1 Å². The standard InChI is InChI=1S/C20H21FN2O2S2/c1-12-22-19(18-14-6-2-5-9-17(14)27-20(18)23-12)26-11-13(24)10-25-16-8-4-3-7-15(16)21/h3-4,7-8,13,24H,2,5-6,9-11H2,1H3/t13-/m0/s1. The van der Waals surface area contributed by atoms with Crippen LogP contribution in [0.5, 0.6) is 5.75 Å². The molecule has 0 fully saturated rings. The van der Waals surface area contributed by atoms with Crippen molar-refractivity contribution < 1.29 is 14.2 Å². The number of fused-ring (bicyclic) bond motifs is 3. The second-order valence-electron chi connectivity index (χ2n) is 6.67. The molecule has 0 unspecified atom stereocenters. The van der Waals surface area contributed by atoms with Gasteiger partial charge in [0.05, 0.1) is 6.10 Å². The third-order valence-corrected chi connectivity index (χ3v) is 6.88. The molecule has 4 rings (SSSR count). The quantitative estimate of drug-likeness (QED) is 0.482. The lowest BCUT2D eigenvalue weighted by atomic mass is 9.97. The van der Waals surface area contributed by atoms with Gasteiger partial charge in [0.2, 0.25) is 0 Å². The summed E-state index contributed by atoms with van der Waals surface area (Å²) in [4.78, 5) is 11.7. The molecule has 1 N–H and O–H groups in total. The Morgan fingerprint density at radius 1 is 1.26 bits per heavy atom. The van der Waals surface area contributed by atoms with Crippen LogP contribution in [0.15, 0.2) is 29.3 Å². The van der Waals surface area contributed by atoms with Crippen molar-refractivity contribution in [1.82, 2.24) is 9.97 Å². The van der Waals surface area contributed by atoms with Gasteiger partial charge in [0.15, 0.2) is 11.6 Å². The number of rotatable bonds is 6. The summed E-state index contributed by atoms with van der Waals surface area (Å²) in [7, 11) is 0. The number of aryl methyl sites for hydroxylation is 3. The lowest BCUT2D eigenvalue weighted by molar-refractivity contribution is 0.123. The second kappa shape index (κ2) is 8.12. The van der Waals surface area contributed by atoms with Crippen LogP contribution in [-0.4, -0.2) is 33.5 Å². The topological polar surface area (TPSA) is 55.2 Å². The van der Waals surface area contributed by atoms with E-state index in [1.807, 2.05) is 6.92 Å². The number of para-hydroxylation sites is 1. The number of thioether (sulfide) groups is 1. The van der Waals surface area contributed by atoms with Crippen LogP contribution >= 0.6 is 23.1 Å². The Labute approximate surface area is 165 Å². The fourth-order valence-corrected chi connectivity index (χ4v) is 5.68. The van der Waals surface area contributed by atoms with Crippen molar-refractivity contribution in [2.75, 3.05) is 12.4 Å². The second-order valence-corrected chi connectivity index (χ2v) is 8.77. The number of hydrogen-bond donors (Lipinski definition) is 1. The molecule has 0 saturated heterocycles. The van der Waals surface area contributed by atoms with E-state index in [2.05, 4.69) is 9.97 Å². The molecule has 4 nitrogen and oxygen atoms in total. The predicted molar refractivity (Wildman–Crippen MR) is 107 cm³/mol. The lowest BCUT2D eigenvalue weighted by Gasteiger charge is -2.14. The number of hydrogen-bond acceptors (Lipinski definition) is 6. The molecule has 1 atom stereocenters. The molecule has 1 aliphatic carbocycles. The van der Waals surface area contributed by atoms with Gasteiger partial charge in [0.25, 0.3) is 0 Å². The molecule has 3 aromatic rings. The fraction of sp³-hybridized carbons (Fsp3) is 0.400. The van der Waals surface area contributed by atoms with Gasteiger partial charge in [-0.1, -0.05) is 12.1 Å². The summed E-state index contributed by atoms with van der Waals surface area (Å²) in [6.07, 6.45) is 3.93. The summed E-state index contributed by atoms with van der Waals surface area (Å²) in [5.74, 6) is 0.926. The van der Waals surface area contributed by atoms with Gasteiger partial charge in [0, 0.05) is 16.0 Å². The van der Waals surface area contributed by atoms with Gasteiger partial charge >= 0.3 is 0 Å². The van der Waals surface area contributed by atoms with E-state index in [1.54, 1.807) is 29.5 Å². The number of ether oxygens (including phenoxy) is 1. The molecule has 7 heteroatoms. The SMILES string of the molecule is Cc1nc(SC[C@@H](O)COc2ccccc2F)c2c3c(sc2n1)CCCC3. The normalized spacial score (nSPS) is 14.9. The number of benzene rings is 1. The van der Waals surface area contributed by atoms with Crippen molar-refractivity contribution in [1.29, 1.82) is 0 Å². The highest BCUT2D eigenvalue weighted by atomic mass is 32.2. The molecule has 2 heterocycles. The van der Waals surface area contributed by atoms with Crippen LogP contribution in [0.25, 0.3) is 10.2 Å². The van der Waals surface area contributed by atoms with Crippen molar-refractivity contribution >= 4 is 33.3 Å². The van der Waals surface area contributed by atoms with Crippen LogP contribution in [0.2, 0.25) is 0 Å². The molecule has 1 aliphatic rings. The summed E-state index contributed by atoms with van der Waals surface area (Å²) in [6, 6.07) is 6.22. The fourth-order valence-electron chi connectivity index (χ4n) is 3.30. The number of aromatic nitrogens is 2. The molecular formula is C20H21FN2O2S2. The maximum absolute atomic E-state index is 13.6. The smallest absolute Gasteiger partial charge is 0.165 e. The number of aliphatic hydroxyl groups is 1. The lowest BCUT2D eigenvalue weighted by Crippen LogP contribution is -2.20. The molecule has 0 bridgehead atoms. The third kappa shape index (κ3) is 4.10. The van der Waals surface area contributed by atoms with Crippen molar-refractivity contribution in [3.8, 4) is 5.75 Å². The monoisotopic (exact) mass is 404 g/mol. The number of halogens is 1. The first-order valence-corrected chi connectivity index (χ1v) is 10.9. The largest absolute Gasteiger partial charge is 0.488 e. The molecule has 0 amide bonds. The predicted octanol–water partition coefficient (Wildman–Crippen LogP) is 4.55. The molecule has 27 heavy (non-hydrogen) atoms. The maximum Gasteiger partial charge on any atom is 0.165 e. The highest BCUT2D eigenvalue weighted by Gasteiger charge is 2.21. The highest BCUT2D eigenvalue weighted by Crippen LogP contribution is 2.39. The number of aliphatic hydroxyl groups excluding tert-OH is 1. The summed E-state index contributed by atoms with van der Waals surface area (Å²) in [5, 5.41) is 12.4. The maximum atomic E-state index is 13.6. The van der Waals surface area contributed by atoms with Crippen LogP contribution in [0, 0.1) is 12.7 Å². The summed E-state index contributed by atoms with van der Waals surface area (Å²) in [6.45, 7) is 1.95. The molecule has 142 valence electrons. The Morgan fingerprint density at radius 2 is 2.07 bits per heavy atom. The Balaban J connectivity index is 1.47. The number of thiophene rings is 1. The van der Waals surface area contributed by atoms with Crippen LogP contribution in [0.4, 0.5) is 4.39 Å². The summed E-state index contributed by atoms with van der Waals surface area (Å²) < 4.78 is 19.0. The molecule has 0 radical (unpaired) electrons. The Bertz CT molecular complexity index is 961. The van der Waals surface area contributed by atoms with Gasteiger partial charge in [-0.25, -0.2) is 14.4 Å². The Kier molecular flexibility index (Phi) is 5.61. The van der Waals surface area contributed by atoms with E-state index < -0.39 is 11.9 Å². The first kappa shape index (κ1) is 18.7. The van der Waals surface area contributed by atoms with Crippen LogP contribution in [0.3, 0.4) is 0 Å². The zero-order chi connectivity index (χ0) is 18.8. The third-order valence-electron chi connectivity index (χ3n) is 4.57. The minimum atomic E-state index is -0.714. The molecule has 0 spiro atoms. The minimum absolute atomic E-state index is 0.0445. The van der Waals surface area contributed by atoms with E-state index in [1.165, 1.54) is 41.1 Å². The van der Waals surface area contributed by atoms with E-state index >= 15 is 0 Å². The van der Waals surface area contributed by atoms with E-state index in [9.17, 15) is 9.50 Å². The molecule has 2 aromatic heterocycles.